The van der Waals surface area contributed by atoms with Crippen LogP contribution >= 0.6 is 11.5 Å². The minimum Gasteiger partial charge on any atom is -0.292 e. The van der Waals surface area contributed by atoms with Crippen molar-refractivity contribution in [3.8, 4) is 5.69 Å². The van der Waals surface area contributed by atoms with Gasteiger partial charge in [-0.1, -0.05) is 6.08 Å². The van der Waals surface area contributed by atoms with Gasteiger partial charge in [0.2, 0.25) is 0 Å². The van der Waals surface area contributed by atoms with Crippen LogP contribution in [0.2, 0.25) is 0 Å². The van der Waals surface area contributed by atoms with Crippen LogP contribution in [0.3, 0.4) is 0 Å². The van der Waals surface area contributed by atoms with E-state index in [1.165, 1.54) is 18.2 Å². The number of hydrogen-bond acceptors (Lipinski definition) is 4. The van der Waals surface area contributed by atoms with Crippen LogP contribution in [0.4, 0.5) is 13.2 Å². The van der Waals surface area contributed by atoms with Crippen molar-refractivity contribution in [1.82, 2.24) is 13.5 Å². The van der Waals surface area contributed by atoms with E-state index in [1.807, 2.05) is 0 Å². The molecule has 128 valence electrons. The summed E-state index contributed by atoms with van der Waals surface area (Å²) in [6.07, 6.45) is -3.40. The van der Waals surface area contributed by atoms with Gasteiger partial charge >= 0.3 is 11.9 Å². The van der Waals surface area contributed by atoms with Crippen LogP contribution in [0.1, 0.15) is 11.4 Å². The van der Waals surface area contributed by atoms with Crippen LogP contribution in [0.15, 0.2) is 39.2 Å². The van der Waals surface area contributed by atoms with Gasteiger partial charge in [0.1, 0.15) is 5.69 Å². The Kier molecular flexibility index (Phi) is 4.43. The average molecular weight is 373 g/mol. The van der Waals surface area contributed by atoms with Crippen molar-refractivity contribution >= 4 is 43.4 Å². The zero-order chi connectivity index (χ0) is 19.2. The van der Waals surface area contributed by atoms with Gasteiger partial charge in [0.05, 0.1) is 31.8 Å². The first-order valence-corrected chi connectivity index (χ1v) is 7.89. The molecule has 3 aromatic rings. The molecule has 11 heteroatoms. The van der Waals surface area contributed by atoms with Crippen molar-refractivity contribution in [1.29, 1.82) is 0 Å². The Bertz CT molecular complexity index is 1160. The van der Waals surface area contributed by atoms with Crippen molar-refractivity contribution in [2.24, 2.45) is 7.05 Å². The smallest absolute Gasteiger partial charge is 0.292 e. The number of benzene rings is 1. The molecule has 0 saturated heterocycles. The first kappa shape index (κ1) is 18.2. The van der Waals surface area contributed by atoms with Crippen LogP contribution in [-0.2, 0) is 13.2 Å². The van der Waals surface area contributed by atoms with Gasteiger partial charge < -0.3 is 0 Å². The van der Waals surface area contributed by atoms with E-state index in [2.05, 4.69) is 4.37 Å². The second-order valence-electron chi connectivity index (χ2n) is 5.44. The standard InChI is InChI=1S/C15H8B2F3N3O2S/c1-22-11(15(18,19)20)6-13(24)23(14(22)25)7-2-3-10-8(4-7)9(21-26-10)5-12(16)17/h2-6H,1H3. The maximum Gasteiger partial charge on any atom is 0.431 e. The Morgan fingerprint density at radius 2 is 1.92 bits per heavy atom. The molecule has 0 atom stereocenters. The van der Waals surface area contributed by atoms with Crippen molar-refractivity contribution in [2.75, 3.05) is 0 Å². The number of hydrogen-bond donors (Lipinski definition) is 0. The molecule has 3 rings (SSSR count). The zero-order valence-electron chi connectivity index (χ0n) is 13.2. The molecule has 0 spiro atoms. The van der Waals surface area contributed by atoms with Crippen LogP contribution < -0.4 is 11.2 Å². The second-order valence-corrected chi connectivity index (χ2v) is 6.24. The van der Waals surface area contributed by atoms with E-state index in [4.69, 9.17) is 15.7 Å². The molecule has 0 amide bonds. The zero-order valence-corrected chi connectivity index (χ0v) is 14.1. The SMILES string of the molecule is [B]C([B])=Cc1nsc2ccc(-n3c(=O)cc(C(F)(F)F)n(C)c3=O)cc12. The number of rotatable bonds is 2. The van der Waals surface area contributed by atoms with Gasteiger partial charge in [-0.15, -0.1) is 0 Å². The molecule has 0 bridgehead atoms. The van der Waals surface area contributed by atoms with Gasteiger partial charge in [-0.05, 0) is 29.7 Å². The Hall–Kier alpha value is -2.55. The highest BCUT2D eigenvalue weighted by molar-refractivity contribution is 7.13. The normalized spacial score (nSPS) is 11.7. The van der Waals surface area contributed by atoms with Gasteiger partial charge in [0.15, 0.2) is 0 Å². The second kappa shape index (κ2) is 6.31. The molecular formula is C15H8B2F3N3O2S. The number of alkyl halides is 3. The molecule has 0 N–H and O–H groups in total. The van der Waals surface area contributed by atoms with Crippen molar-refractivity contribution in [2.45, 2.75) is 6.18 Å². The summed E-state index contributed by atoms with van der Waals surface area (Å²) in [5.74, 6) is 0. The summed E-state index contributed by atoms with van der Waals surface area (Å²) in [5.41, 5.74) is -2.96. The molecule has 2 aromatic heterocycles. The molecule has 26 heavy (non-hydrogen) atoms. The van der Waals surface area contributed by atoms with Gasteiger partial charge in [0, 0.05) is 18.5 Å². The summed E-state index contributed by atoms with van der Waals surface area (Å²) >= 11 is 1.15. The Morgan fingerprint density at radius 1 is 1.23 bits per heavy atom. The molecule has 0 fully saturated rings. The summed E-state index contributed by atoms with van der Waals surface area (Å²) in [4.78, 5) is 24.5. The molecular weight excluding hydrogens is 365 g/mol. The third-order valence-electron chi connectivity index (χ3n) is 3.65. The number of nitrogens with zero attached hydrogens (tertiary/aromatic N) is 3. The first-order valence-electron chi connectivity index (χ1n) is 7.12. The maximum absolute atomic E-state index is 12.9. The summed E-state index contributed by atoms with van der Waals surface area (Å²) < 4.78 is 44.8. The largest absolute Gasteiger partial charge is 0.431 e. The van der Waals surface area contributed by atoms with Gasteiger partial charge in [0.25, 0.3) is 5.56 Å². The highest BCUT2D eigenvalue weighted by Gasteiger charge is 2.35. The fraction of sp³-hybridized carbons (Fsp3) is 0.133. The van der Waals surface area contributed by atoms with Crippen molar-refractivity contribution in [3.63, 3.8) is 0 Å². The number of fused-ring (bicyclic) bond motifs is 1. The van der Waals surface area contributed by atoms with E-state index in [0.29, 0.717) is 26.3 Å². The lowest BCUT2D eigenvalue weighted by atomic mass is 9.78. The maximum atomic E-state index is 12.9. The summed E-state index contributed by atoms with van der Waals surface area (Å²) in [6, 6.07) is 4.92. The van der Waals surface area contributed by atoms with E-state index >= 15 is 0 Å². The Labute approximate surface area is 151 Å². The summed E-state index contributed by atoms with van der Waals surface area (Å²) in [5, 5.41) is 0.583. The number of halogens is 3. The van der Waals surface area contributed by atoms with Crippen molar-refractivity contribution in [3.05, 3.63) is 61.9 Å². The van der Waals surface area contributed by atoms with E-state index in [0.717, 1.165) is 23.3 Å². The van der Waals surface area contributed by atoms with Gasteiger partial charge in [-0.3, -0.25) is 9.36 Å². The fourth-order valence-corrected chi connectivity index (χ4v) is 3.22. The molecule has 0 unspecified atom stereocenters. The third-order valence-corrected chi connectivity index (χ3v) is 4.49. The Morgan fingerprint density at radius 3 is 2.54 bits per heavy atom. The third kappa shape index (κ3) is 3.14. The quantitative estimate of drug-likeness (QED) is 0.644. The lowest BCUT2D eigenvalue weighted by Crippen LogP contribution is -2.40. The molecule has 1 aromatic carbocycles. The molecule has 0 aliphatic rings. The predicted molar refractivity (Wildman–Crippen MR) is 94.9 cm³/mol. The van der Waals surface area contributed by atoms with Crippen LogP contribution in [0.25, 0.3) is 21.8 Å². The average Bonchev–Trinajstić information content (AvgIpc) is 2.92. The molecule has 0 aliphatic carbocycles. The first-order chi connectivity index (χ1) is 12.1. The lowest BCUT2D eigenvalue weighted by molar-refractivity contribution is -0.144. The highest BCUT2D eigenvalue weighted by Crippen LogP contribution is 2.28. The van der Waals surface area contributed by atoms with E-state index < -0.39 is 23.1 Å². The fourth-order valence-electron chi connectivity index (χ4n) is 2.48. The molecule has 2 heterocycles. The van der Waals surface area contributed by atoms with Crippen molar-refractivity contribution < 1.29 is 13.2 Å². The predicted octanol–water partition coefficient (Wildman–Crippen LogP) is 1.80. The molecule has 5 nitrogen and oxygen atoms in total. The minimum atomic E-state index is -4.82. The number of aromatic nitrogens is 3. The molecule has 0 aliphatic heterocycles. The topological polar surface area (TPSA) is 56.9 Å². The highest BCUT2D eigenvalue weighted by atomic mass is 32.1. The van der Waals surface area contributed by atoms with E-state index in [9.17, 15) is 22.8 Å². The minimum absolute atomic E-state index is 0.0187. The van der Waals surface area contributed by atoms with Crippen LogP contribution in [0, 0.1) is 0 Å². The molecule has 4 radical (unpaired) electrons. The van der Waals surface area contributed by atoms with Gasteiger partial charge in [-0.25, -0.2) is 9.36 Å². The van der Waals surface area contributed by atoms with E-state index in [1.54, 1.807) is 6.07 Å². The molecule has 0 saturated carbocycles. The Balaban J connectivity index is 2.28. The monoisotopic (exact) mass is 373 g/mol. The lowest BCUT2D eigenvalue weighted by Gasteiger charge is -2.14. The van der Waals surface area contributed by atoms with E-state index in [-0.39, 0.29) is 11.1 Å². The van der Waals surface area contributed by atoms with Crippen LogP contribution in [0.5, 0.6) is 0 Å². The van der Waals surface area contributed by atoms with Crippen LogP contribution in [-0.4, -0.2) is 29.2 Å². The van der Waals surface area contributed by atoms with Gasteiger partial charge in [-0.2, -0.15) is 22.9 Å². The summed E-state index contributed by atoms with van der Waals surface area (Å²) in [6.45, 7) is 0. The summed E-state index contributed by atoms with van der Waals surface area (Å²) in [7, 11) is 11.8.